The number of carbonyl (C=O) groups is 1. The van der Waals surface area contributed by atoms with Crippen LogP contribution in [0.5, 0.6) is 0 Å². The molecule has 0 bridgehead atoms. The molecule has 1 aromatic heterocycles. The van der Waals surface area contributed by atoms with Crippen molar-refractivity contribution in [1.82, 2.24) is 10.1 Å². The van der Waals surface area contributed by atoms with Gasteiger partial charge in [-0.3, -0.25) is 9.69 Å². The van der Waals surface area contributed by atoms with Gasteiger partial charge in [0.2, 0.25) is 0 Å². The van der Waals surface area contributed by atoms with Crippen molar-refractivity contribution in [2.45, 2.75) is 40.2 Å². The van der Waals surface area contributed by atoms with Crippen molar-refractivity contribution < 1.29 is 14.1 Å². The average molecular weight is 266 g/mol. The molecule has 0 amide bonds. The fraction of sp³-hybridized carbons (Fsp3) is 0.714. The summed E-state index contributed by atoms with van der Waals surface area (Å²) in [7, 11) is 0. The minimum absolute atomic E-state index is 0.172. The standard InChI is InChI=1S/C14H22N2O3/c1-10-4-6-16(7-5-10)8-14(17)18-9-13-11(2)15-19-12(13)3/h10H,4-9H2,1-3H3. The highest BCUT2D eigenvalue weighted by Gasteiger charge is 2.19. The van der Waals surface area contributed by atoms with E-state index >= 15 is 0 Å². The lowest BCUT2D eigenvalue weighted by Crippen LogP contribution is -2.37. The molecule has 0 aromatic carbocycles. The third kappa shape index (κ3) is 3.80. The van der Waals surface area contributed by atoms with Crippen LogP contribution in [0.1, 0.15) is 36.8 Å². The summed E-state index contributed by atoms with van der Waals surface area (Å²) in [6.07, 6.45) is 2.33. The first-order valence-corrected chi connectivity index (χ1v) is 6.86. The number of esters is 1. The molecule has 2 rings (SSSR count). The Morgan fingerprint density at radius 1 is 1.42 bits per heavy atom. The van der Waals surface area contributed by atoms with Crippen molar-refractivity contribution in [3.8, 4) is 0 Å². The van der Waals surface area contributed by atoms with Crippen molar-refractivity contribution in [2.75, 3.05) is 19.6 Å². The fourth-order valence-corrected chi connectivity index (χ4v) is 2.31. The Kier molecular flexibility index (Phi) is 4.58. The number of rotatable bonds is 4. The minimum atomic E-state index is -0.172. The highest BCUT2D eigenvalue weighted by atomic mass is 16.5. The number of hydrogen-bond acceptors (Lipinski definition) is 5. The summed E-state index contributed by atoms with van der Waals surface area (Å²) >= 11 is 0. The van der Waals surface area contributed by atoms with Crippen LogP contribution in [-0.2, 0) is 16.1 Å². The molecule has 0 atom stereocenters. The smallest absolute Gasteiger partial charge is 0.320 e. The number of nitrogens with zero attached hydrogens (tertiary/aromatic N) is 2. The maximum Gasteiger partial charge on any atom is 0.320 e. The van der Waals surface area contributed by atoms with Crippen LogP contribution in [0.15, 0.2) is 4.52 Å². The predicted octanol–water partition coefficient (Wildman–Crippen LogP) is 2.07. The molecule has 1 fully saturated rings. The summed E-state index contributed by atoms with van der Waals surface area (Å²) in [5.74, 6) is 1.32. The van der Waals surface area contributed by atoms with E-state index in [4.69, 9.17) is 9.26 Å². The minimum Gasteiger partial charge on any atom is -0.460 e. The normalized spacial score (nSPS) is 17.6. The summed E-state index contributed by atoms with van der Waals surface area (Å²) in [5.41, 5.74) is 1.66. The molecule has 0 radical (unpaired) electrons. The maximum absolute atomic E-state index is 11.8. The van der Waals surface area contributed by atoms with E-state index in [9.17, 15) is 4.79 Å². The van der Waals surface area contributed by atoms with Gasteiger partial charge < -0.3 is 9.26 Å². The third-order valence-corrected chi connectivity index (χ3v) is 3.79. The zero-order valence-corrected chi connectivity index (χ0v) is 11.9. The molecule has 1 saturated heterocycles. The number of aryl methyl sites for hydroxylation is 2. The van der Waals surface area contributed by atoms with Gasteiger partial charge in [-0.05, 0) is 45.7 Å². The van der Waals surface area contributed by atoms with Crippen molar-refractivity contribution in [1.29, 1.82) is 0 Å². The molecule has 5 heteroatoms. The summed E-state index contributed by atoms with van der Waals surface area (Å²) in [5, 5.41) is 3.84. The van der Waals surface area contributed by atoms with Gasteiger partial charge in [0.15, 0.2) is 0 Å². The Morgan fingerprint density at radius 2 is 2.11 bits per heavy atom. The van der Waals surface area contributed by atoms with Gasteiger partial charge in [0.1, 0.15) is 12.4 Å². The van der Waals surface area contributed by atoms with Gasteiger partial charge in [-0.25, -0.2) is 0 Å². The Labute approximate surface area is 113 Å². The molecule has 1 aliphatic heterocycles. The molecule has 1 aliphatic rings. The molecule has 0 unspecified atom stereocenters. The lowest BCUT2D eigenvalue weighted by Gasteiger charge is -2.29. The van der Waals surface area contributed by atoms with Crippen LogP contribution < -0.4 is 0 Å². The second-order valence-corrected chi connectivity index (χ2v) is 5.42. The summed E-state index contributed by atoms with van der Waals surface area (Å²) in [4.78, 5) is 14.0. The molecule has 106 valence electrons. The first-order chi connectivity index (χ1) is 9.06. The average Bonchev–Trinajstić information content (AvgIpc) is 2.70. The van der Waals surface area contributed by atoms with Crippen molar-refractivity contribution >= 4 is 5.97 Å². The van der Waals surface area contributed by atoms with Crippen LogP contribution in [0, 0.1) is 19.8 Å². The maximum atomic E-state index is 11.8. The molecule has 0 aliphatic carbocycles. The molecule has 0 saturated carbocycles. The number of piperidine rings is 1. The topological polar surface area (TPSA) is 55.6 Å². The third-order valence-electron chi connectivity index (χ3n) is 3.79. The van der Waals surface area contributed by atoms with Gasteiger partial charge in [0, 0.05) is 0 Å². The number of carbonyl (C=O) groups excluding carboxylic acids is 1. The zero-order valence-electron chi connectivity index (χ0n) is 11.9. The molecular weight excluding hydrogens is 244 g/mol. The van der Waals surface area contributed by atoms with Gasteiger partial charge >= 0.3 is 5.97 Å². The summed E-state index contributed by atoms with van der Waals surface area (Å²) in [6, 6.07) is 0. The number of ether oxygens (including phenoxy) is 1. The summed E-state index contributed by atoms with van der Waals surface area (Å²) < 4.78 is 10.3. The summed E-state index contributed by atoms with van der Waals surface area (Å²) in [6.45, 7) is 8.55. The first kappa shape index (κ1) is 14.1. The lowest BCUT2D eigenvalue weighted by molar-refractivity contribution is -0.146. The number of likely N-dealkylation sites (tertiary alicyclic amines) is 1. The van der Waals surface area contributed by atoms with Crippen molar-refractivity contribution in [3.05, 3.63) is 17.0 Å². The first-order valence-electron chi connectivity index (χ1n) is 6.86. The van der Waals surface area contributed by atoms with E-state index in [2.05, 4.69) is 17.0 Å². The van der Waals surface area contributed by atoms with E-state index in [1.54, 1.807) is 0 Å². The van der Waals surface area contributed by atoms with Crippen LogP contribution in [0.3, 0.4) is 0 Å². The number of aromatic nitrogens is 1. The molecular formula is C14H22N2O3. The van der Waals surface area contributed by atoms with E-state index in [-0.39, 0.29) is 12.6 Å². The van der Waals surface area contributed by atoms with Crippen LogP contribution >= 0.6 is 0 Å². The number of hydrogen-bond donors (Lipinski definition) is 0. The molecule has 0 spiro atoms. The van der Waals surface area contributed by atoms with Gasteiger partial charge in [0.05, 0.1) is 17.8 Å². The highest BCUT2D eigenvalue weighted by Crippen LogP contribution is 2.16. The van der Waals surface area contributed by atoms with E-state index in [0.29, 0.717) is 6.54 Å². The second-order valence-electron chi connectivity index (χ2n) is 5.42. The van der Waals surface area contributed by atoms with Gasteiger partial charge in [-0.15, -0.1) is 0 Å². The Morgan fingerprint density at radius 3 is 2.68 bits per heavy atom. The molecule has 5 nitrogen and oxygen atoms in total. The quantitative estimate of drug-likeness (QED) is 0.781. The zero-order chi connectivity index (χ0) is 13.8. The lowest BCUT2D eigenvalue weighted by atomic mass is 9.99. The van der Waals surface area contributed by atoms with Crippen LogP contribution in [-0.4, -0.2) is 35.7 Å². The van der Waals surface area contributed by atoms with Gasteiger partial charge in [-0.1, -0.05) is 12.1 Å². The van der Waals surface area contributed by atoms with Crippen molar-refractivity contribution in [3.63, 3.8) is 0 Å². The predicted molar refractivity (Wildman–Crippen MR) is 70.6 cm³/mol. The Hall–Kier alpha value is -1.36. The van der Waals surface area contributed by atoms with E-state index in [0.717, 1.165) is 48.9 Å². The van der Waals surface area contributed by atoms with E-state index < -0.39 is 0 Å². The van der Waals surface area contributed by atoms with Crippen LogP contribution in [0.4, 0.5) is 0 Å². The van der Waals surface area contributed by atoms with E-state index in [1.165, 1.54) is 0 Å². The second kappa shape index (κ2) is 6.19. The SMILES string of the molecule is Cc1noc(C)c1COC(=O)CN1CCC(C)CC1. The van der Waals surface area contributed by atoms with Gasteiger partial charge in [-0.2, -0.15) is 0 Å². The highest BCUT2D eigenvalue weighted by molar-refractivity contribution is 5.71. The Balaban J connectivity index is 1.76. The largest absolute Gasteiger partial charge is 0.460 e. The molecule has 2 heterocycles. The van der Waals surface area contributed by atoms with Crippen molar-refractivity contribution in [2.24, 2.45) is 5.92 Å². The monoisotopic (exact) mass is 266 g/mol. The molecule has 19 heavy (non-hydrogen) atoms. The molecule has 1 aromatic rings. The van der Waals surface area contributed by atoms with Crippen LogP contribution in [0.2, 0.25) is 0 Å². The molecule has 0 N–H and O–H groups in total. The van der Waals surface area contributed by atoms with E-state index in [1.807, 2.05) is 13.8 Å². The van der Waals surface area contributed by atoms with Gasteiger partial charge in [0.25, 0.3) is 0 Å². The Bertz CT molecular complexity index is 414. The van der Waals surface area contributed by atoms with Crippen LogP contribution in [0.25, 0.3) is 0 Å². The fourth-order valence-electron chi connectivity index (χ4n) is 2.31.